The first-order valence-corrected chi connectivity index (χ1v) is 16.4. The topological polar surface area (TPSA) is 180 Å². The lowest BCUT2D eigenvalue weighted by Gasteiger charge is -2.40. The average Bonchev–Trinajstić information content (AvgIpc) is 3.06. The molecule has 0 aliphatic carbocycles. The maximum Gasteiger partial charge on any atom is 0.322 e. The average molecular weight is 717 g/mol. The number of anilines is 2. The second-order valence-electron chi connectivity index (χ2n) is 12.9. The highest BCUT2D eigenvalue weighted by Crippen LogP contribution is 2.33. The van der Waals surface area contributed by atoms with E-state index in [4.69, 9.17) is 5.73 Å². The number of nitrogens with zero attached hydrogens (tertiary/aromatic N) is 5. The smallest absolute Gasteiger partial charge is 0.322 e. The number of hydrogen-bond donors (Lipinski definition) is 3. The van der Waals surface area contributed by atoms with Gasteiger partial charge in [-0.2, -0.15) is 0 Å². The molecule has 4 aromatic carbocycles. The normalized spacial score (nSPS) is 14.1. The summed E-state index contributed by atoms with van der Waals surface area (Å²) in [5, 5.41) is 27.8. The third-order valence-electron chi connectivity index (χ3n) is 8.67. The lowest BCUT2D eigenvalue weighted by molar-refractivity contribution is -0.384. The summed E-state index contributed by atoms with van der Waals surface area (Å²) in [7, 11) is 3.96. The van der Waals surface area contributed by atoms with Crippen molar-refractivity contribution in [2.24, 2.45) is 17.6 Å². The van der Waals surface area contributed by atoms with Gasteiger partial charge in [0.25, 0.3) is 11.4 Å². The van der Waals surface area contributed by atoms with Gasteiger partial charge in [0.05, 0.1) is 9.85 Å². The maximum absolute atomic E-state index is 13.1. The monoisotopic (exact) mass is 716 g/mol. The minimum Gasteiger partial charge on any atom is -0.330 e. The van der Waals surface area contributed by atoms with Crippen molar-refractivity contribution in [3.8, 4) is 22.3 Å². The quantitative estimate of drug-likeness (QED) is 0.134. The molecule has 0 saturated carbocycles. The number of hydrogen-bond acceptors (Lipinski definition) is 8. The number of nitrogens with two attached hydrogens (primary N) is 1. The number of carbonyl (C=O) groups excluding carboxylic acids is 2. The number of carbonyl (C=O) groups is 2. The molecular weight excluding hydrogens is 678 g/mol. The highest BCUT2D eigenvalue weighted by Gasteiger charge is 2.32. The first-order valence-electron chi connectivity index (χ1n) is 16.4. The molecule has 2 saturated heterocycles. The van der Waals surface area contributed by atoms with Crippen LogP contribution in [0.4, 0.5) is 41.1 Å². The number of benzene rings is 4. The minimum absolute atomic E-state index is 0.105. The molecular formula is C36H38F2N8O6. The number of urea groups is 2. The third kappa shape index (κ3) is 9.21. The van der Waals surface area contributed by atoms with E-state index < -0.39 is 15.9 Å². The molecule has 0 aromatic heterocycles. The molecule has 4 aromatic rings. The molecule has 6 rings (SSSR count). The fourth-order valence-electron chi connectivity index (χ4n) is 5.88. The Bertz CT molecular complexity index is 1930. The van der Waals surface area contributed by atoms with Crippen molar-refractivity contribution in [2.75, 3.05) is 64.0 Å². The van der Waals surface area contributed by atoms with Gasteiger partial charge in [0.15, 0.2) is 0 Å². The van der Waals surface area contributed by atoms with E-state index in [1.54, 1.807) is 52.3 Å². The second-order valence-corrected chi connectivity index (χ2v) is 12.9. The molecule has 0 unspecified atom stereocenters. The lowest BCUT2D eigenvalue weighted by atomic mass is 10.0. The highest BCUT2D eigenvalue weighted by atomic mass is 19.1. The van der Waals surface area contributed by atoms with Gasteiger partial charge >= 0.3 is 12.1 Å². The van der Waals surface area contributed by atoms with E-state index in [0.717, 1.165) is 6.54 Å². The maximum atomic E-state index is 13.1. The van der Waals surface area contributed by atoms with Crippen LogP contribution in [0, 0.1) is 43.7 Å². The summed E-state index contributed by atoms with van der Waals surface area (Å²) in [5.41, 5.74) is 8.08. The van der Waals surface area contributed by atoms with E-state index in [-0.39, 0.29) is 46.3 Å². The van der Waals surface area contributed by atoms with Crippen LogP contribution >= 0.6 is 0 Å². The highest BCUT2D eigenvalue weighted by molar-refractivity contribution is 5.94. The van der Waals surface area contributed by atoms with Crippen molar-refractivity contribution in [3.05, 3.63) is 117 Å². The van der Waals surface area contributed by atoms with E-state index in [1.807, 2.05) is 14.1 Å². The Morgan fingerprint density at radius 3 is 1.40 bits per heavy atom. The van der Waals surface area contributed by atoms with Gasteiger partial charge in [0, 0.05) is 56.7 Å². The van der Waals surface area contributed by atoms with Crippen LogP contribution in [0.3, 0.4) is 0 Å². The van der Waals surface area contributed by atoms with Gasteiger partial charge in [-0.15, -0.1) is 0 Å². The molecule has 14 nitrogen and oxygen atoms in total. The van der Waals surface area contributed by atoms with Crippen molar-refractivity contribution >= 4 is 34.8 Å². The predicted octanol–water partition coefficient (Wildman–Crippen LogP) is 6.25. The number of halogens is 2. The van der Waals surface area contributed by atoms with Crippen LogP contribution in [0.2, 0.25) is 0 Å². The zero-order valence-corrected chi connectivity index (χ0v) is 28.5. The molecule has 0 bridgehead atoms. The number of rotatable bonds is 9. The summed E-state index contributed by atoms with van der Waals surface area (Å²) in [6.45, 7) is 3.71. The van der Waals surface area contributed by atoms with Crippen molar-refractivity contribution < 1.29 is 28.2 Å². The van der Waals surface area contributed by atoms with Crippen LogP contribution in [0.1, 0.15) is 0 Å². The number of likely N-dealkylation sites (tertiary alicyclic amines) is 2. The number of nitro groups is 2. The van der Waals surface area contributed by atoms with E-state index in [2.05, 4.69) is 15.5 Å². The molecule has 272 valence electrons. The van der Waals surface area contributed by atoms with Crippen molar-refractivity contribution in [1.82, 2.24) is 14.7 Å². The minimum atomic E-state index is -0.553. The molecule has 2 aliphatic rings. The summed E-state index contributed by atoms with van der Waals surface area (Å²) in [5.74, 6) is -0.0525. The Morgan fingerprint density at radius 1 is 0.692 bits per heavy atom. The van der Waals surface area contributed by atoms with Gasteiger partial charge < -0.3 is 31.1 Å². The van der Waals surface area contributed by atoms with Gasteiger partial charge in [0.2, 0.25) is 0 Å². The summed E-state index contributed by atoms with van der Waals surface area (Å²) in [4.78, 5) is 51.3. The summed E-state index contributed by atoms with van der Waals surface area (Å²) in [6, 6.07) is 19.7. The SMILES string of the molecule is CN(C)CC1CN(C(=O)Nc2cc(-c3ccc(F)cc3)ccc2[N+](=O)[O-])C1.NCC1CN(C(=O)Nc2cc(-c3ccc(F)cc3)ccc2[N+](=O)[O-])C1. The van der Waals surface area contributed by atoms with Crippen molar-refractivity contribution in [1.29, 1.82) is 0 Å². The second kappa shape index (κ2) is 16.3. The largest absolute Gasteiger partial charge is 0.330 e. The van der Waals surface area contributed by atoms with E-state index >= 15 is 0 Å². The lowest BCUT2D eigenvalue weighted by Crippen LogP contribution is -2.54. The van der Waals surface area contributed by atoms with Crippen molar-refractivity contribution in [3.63, 3.8) is 0 Å². The molecule has 2 heterocycles. The first kappa shape index (κ1) is 37.3. The Balaban J connectivity index is 0.000000202. The molecule has 2 fully saturated rings. The zero-order valence-electron chi connectivity index (χ0n) is 28.5. The van der Waals surface area contributed by atoms with E-state index in [0.29, 0.717) is 60.9 Å². The summed E-state index contributed by atoms with van der Waals surface area (Å²) in [6.07, 6.45) is 0. The van der Waals surface area contributed by atoms with Crippen LogP contribution in [0.5, 0.6) is 0 Å². The molecule has 0 radical (unpaired) electrons. The van der Waals surface area contributed by atoms with Gasteiger partial charge in [-0.1, -0.05) is 24.3 Å². The number of amides is 4. The Hall–Kier alpha value is -6.00. The third-order valence-corrected chi connectivity index (χ3v) is 8.67. The van der Waals surface area contributed by atoms with Crippen molar-refractivity contribution in [2.45, 2.75) is 0 Å². The van der Waals surface area contributed by atoms with Gasteiger partial charge in [-0.05, 0) is 91.4 Å². The molecule has 16 heteroatoms. The van der Waals surface area contributed by atoms with Crippen LogP contribution in [0.25, 0.3) is 22.3 Å². The zero-order chi connectivity index (χ0) is 37.5. The molecule has 2 aliphatic heterocycles. The molecule has 4 N–H and O–H groups in total. The fraction of sp³-hybridized carbons (Fsp3) is 0.278. The van der Waals surface area contributed by atoms with Gasteiger partial charge in [-0.3, -0.25) is 20.2 Å². The number of nitro benzene ring substituents is 2. The number of nitrogens with one attached hydrogen (secondary N) is 2. The van der Waals surface area contributed by atoms with Crippen LogP contribution < -0.4 is 16.4 Å². The van der Waals surface area contributed by atoms with Crippen LogP contribution in [-0.4, -0.2) is 90.0 Å². The molecule has 0 spiro atoms. The first-order chi connectivity index (χ1) is 24.8. The van der Waals surface area contributed by atoms with E-state index in [9.17, 15) is 38.6 Å². The summed E-state index contributed by atoms with van der Waals surface area (Å²) >= 11 is 0. The fourth-order valence-corrected chi connectivity index (χ4v) is 5.88. The summed E-state index contributed by atoms with van der Waals surface area (Å²) < 4.78 is 26.2. The molecule has 0 atom stereocenters. The van der Waals surface area contributed by atoms with Gasteiger partial charge in [0.1, 0.15) is 23.0 Å². The van der Waals surface area contributed by atoms with Gasteiger partial charge in [-0.25, -0.2) is 18.4 Å². The predicted molar refractivity (Wildman–Crippen MR) is 193 cm³/mol. The Morgan fingerprint density at radius 2 is 1.06 bits per heavy atom. The van der Waals surface area contributed by atoms with E-state index in [1.165, 1.54) is 42.5 Å². The standard InChI is InChI=1S/C19H21FN4O3.C17H17FN4O3/c1-22(2)10-13-11-23(12-13)19(25)21-17-9-15(5-8-18(17)24(26)27)14-3-6-16(20)7-4-14;18-14-4-1-12(2-5-14)13-3-6-16(22(24)25)15(7-13)20-17(23)21-9-11(8-19)10-21/h3-9,13H,10-12H2,1-2H3,(H,21,25);1-7,11H,8-10,19H2,(H,20,23). The molecule has 4 amide bonds. The Labute approximate surface area is 298 Å². The molecule has 52 heavy (non-hydrogen) atoms. The van der Waals surface area contributed by atoms with Crippen LogP contribution in [-0.2, 0) is 0 Å². The Kier molecular flexibility index (Phi) is 11.7. The van der Waals surface area contributed by atoms with Crippen LogP contribution in [0.15, 0.2) is 84.9 Å².